The Balaban J connectivity index is 1.64. The molecule has 1 atom stereocenters. The minimum atomic E-state index is -0.319. The first-order valence-corrected chi connectivity index (χ1v) is 8.12. The molecule has 104 valence electrons. The molecule has 0 bridgehead atoms. The lowest BCUT2D eigenvalue weighted by Crippen LogP contribution is -2.35. The number of halogens is 1. The van der Waals surface area contributed by atoms with Crippen molar-refractivity contribution in [2.75, 3.05) is 6.54 Å². The number of fused-ring (bicyclic) bond motifs is 1. The van der Waals surface area contributed by atoms with Crippen molar-refractivity contribution in [2.45, 2.75) is 19.1 Å². The van der Waals surface area contributed by atoms with Crippen LogP contribution in [0.3, 0.4) is 0 Å². The summed E-state index contributed by atoms with van der Waals surface area (Å²) >= 11 is 5.09. The van der Waals surface area contributed by atoms with Crippen LogP contribution >= 0.6 is 27.3 Å². The van der Waals surface area contributed by atoms with Gasteiger partial charge in [-0.2, -0.15) is 0 Å². The molecule has 0 spiro atoms. The smallest absolute Gasteiger partial charge is 0.328 e. The van der Waals surface area contributed by atoms with Crippen LogP contribution in [0.25, 0.3) is 0 Å². The van der Waals surface area contributed by atoms with Crippen molar-refractivity contribution >= 4 is 33.2 Å². The number of thiophene rings is 1. The maximum absolute atomic E-state index is 12.2. The first kappa shape index (κ1) is 13.8. The Kier molecular flexibility index (Phi) is 4.19. The lowest BCUT2D eigenvalue weighted by molar-refractivity contribution is -0.147. The van der Waals surface area contributed by atoms with Crippen LogP contribution in [0.2, 0.25) is 0 Å². The van der Waals surface area contributed by atoms with E-state index in [9.17, 15) is 4.79 Å². The number of ether oxygens (including phenoxy) is 1. The third-order valence-corrected chi connectivity index (χ3v) is 4.85. The zero-order valence-electron chi connectivity index (χ0n) is 10.8. The summed E-state index contributed by atoms with van der Waals surface area (Å²) in [5, 5.41) is 5.27. The highest BCUT2D eigenvalue weighted by molar-refractivity contribution is 9.10. The quantitative estimate of drug-likeness (QED) is 0.860. The van der Waals surface area contributed by atoms with Crippen LogP contribution in [-0.2, 0) is 22.6 Å². The Morgan fingerprint density at radius 1 is 1.35 bits per heavy atom. The van der Waals surface area contributed by atoms with Crippen LogP contribution in [0.5, 0.6) is 0 Å². The van der Waals surface area contributed by atoms with Gasteiger partial charge in [0.2, 0.25) is 0 Å². The third kappa shape index (κ3) is 2.95. The van der Waals surface area contributed by atoms with E-state index in [2.05, 4.69) is 21.2 Å². The second-order valence-electron chi connectivity index (χ2n) is 4.67. The highest BCUT2D eigenvalue weighted by atomic mass is 79.9. The molecule has 3 rings (SSSR count). The maximum atomic E-state index is 12.2. The van der Waals surface area contributed by atoms with Crippen LogP contribution in [0.15, 0.2) is 40.2 Å². The van der Waals surface area contributed by atoms with E-state index < -0.39 is 0 Å². The number of carbonyl (C=O) groups excluding carboxylic acids is 1. The van der Waals surface area contributed by atoms with Gasteiger partial charge in [-0.3, -0.25) is 0 Å². The number of hydrogen-bond donors (Lipinski definition) is 1. The molecule has 0 fully saturated rings. The van der Waals surface area contributed by atoms with Crippen molar-refractivity contribution < 1.29 is 9.53 Å². The monoisotopic (exact) mass is 351 g/mol. The van der Waals surface area contributed by atoms with Gasteiger partial charge in [0.25, 0.3) is 0 Å². The van der Waals surface area contributed by atoms with Gasteiger partial charge >= 0.3 is 5.97 Å². The minimum Gasteiger partial charge on any atom is -0.459 e. The van der Waals surface area contributed by atoms with Crippen molar-refractivity contribution in [3.63, 3.8) is 0 Å². The van der Waals surface area contributed by atoms with Gasteiger partial charge in [0.05, 0.1) is 0 Å². The molecule has 1 aliphatic heterocycles. The molecule has 1 unspecified atom stereocenters. The second-order valence-corrected chi connectivity index (χ2v) is 6.59. The van der Waals surface area contributed by atoms with Crippen LogP contribution in [-0.4, -0.2) is 12.5 Å². The summed E-state index contributed by atoms with van der Waals surface area (Å²) < 4.78 is 6.44. The molecule has 2 heterocycles. The van der Waals surface area contributed by atoms with Crippen molar-refractivity contribution in [1.82, 2.24) is 5.32 Å². The molecule has 1 aromatic heterocycles. The zero-order valence-corrected chi connectivity index (χ0v) is 13.2. The lowest BCUT2D eigenvalue weighted by atomic mass is 10.0. The fourth-order valence-corrected chi connectivity index (χ4v) is 3.46. The van der Waals surface area contributed by atoms with Crippen molar-refractivity contribution in [3.05, 3.63) is 56.2 Å². The number of carbonyl (C=O) groups is 1. The molecule has 1 N–H and O–H groups in total. The summed E-state index contributed by atoms with van der Waals surface area (Å²) in [7, 11) is 0. The van der Waals surface area contributed by atoms with E-state index in [1.165, 1.54) is 4.88 Å². The third-order valence-electron chi connectivity index (χ3n) is 3.32. The molecule has 2 aromatic rings. The summed E-state index contributed by atoms with van der Waals surface area (Å²) in [6, 6.07) is 9.47. The van der Waals surface area contributed by atoms with Crippen LogP contribution in [0, 0.1) is 0 Å². The van der Waals surface area contributed by atoms with Crippen LogP contribution in [0.4, 0.5) is 0 Å². The van der Waals surface area contributed by atoms with E-state index in [0.717, 1.165) is 28.6 Å². The second kappa shape index (κ2) is 6.08. The summed E-state index contributed by atoms with van der Waals surface area (Å²) in [6.07, 6.45) is 0.990. The molecule has 1 aliphatic rings. The van der Waals surface area contributed by atoms with E-state index in [1.54, 1.807) is 11.3 Å². The summed E-state index contributed by atoms with van der Waals surface area (Å²) in [5.74, 6) is -0.202. The minimum absolute atomic E-state index is 0.202. The average Bonchev–Trinajstić information content (AvgIpc) is 2.94. The van der Waals surface area contributed by atoms with E-state index in [4.69, 9.17) is 4.74 Å². The molecular weight excluding hydrogens is 338 g/mol. The van der Waals surface area contributed by atoms with Gasteiger partial charge in [-0.15, -0.1) is 11.3 Å². The highest BCUT2D eigenvalue weighted by Gasteiger charge is 2.28. The van der Waals surface area contributed by atoms with Gasteiger partial charge in [-0.1, -0.05) is 28.1 Å². The molecule has 5 heteroatoms. The van der Waals surface area contributed by atoms with Gasteiger partial charge in [0.1, 0.15) is 12.6 Å². The first-order valence-electron chi connectivity index (χ1n) is 6.45. The molecule has 1 aromatic carbocycles. The Morgan fingerprint density at radius 2 is 2.15 bits per heavy atom. The van der Waals surface area contributed by atoms with Crippen molar-refractivity contribution in [2.24, 2.45) is 0 Å². The Morgan fingerprint density at radius 3 is 2.95 bits per heavy atom. The molecule has 0 saturated carbocycles. The molecule has 20 heavy (non-hydrogen) atoms. The molecule has 0 amide bonds. The number of rotatable bonds is 3. The number of esters is 1. The topological polar surface area (TPSA) is 38.3 Å². The van der Waals surface area contributed by atoms with Gasteiger partial charge in [0.15, 0.2) is 0 Å². The largest absolute Gasteiger partial charge is 0.459 e. The lowest BCUT2D eigenvalue weighted by Gasteiger charge is -2.22. The molecule has 3 nitrogen and oxygen atoms in total. The van der Waals surface area contributed by atoms with Crippen LogP contribution < -0.4 is 5.32 Å². The fourth-order valence-electron chi connectivity index (χ4n) is 2.28. The highest BCUT2D eigenvalue weighted by Crippen LogP contribution is 2.28. The average molecular weight is 352 g/mol. The Bertz CT molecular complexity index is 609. The SMILES string of the molecule is O=C(OCc1ccc(Br)cc1)C1NCCc2sccc21. The van der Waals surface area contributed by atoms with Crippen molar-refractivity contribution in [1.29, 1.82) is 0 Å². The Labute approximate surface area is 130 Å². The van der Waals surface area contributed by atoms with Gasteiger partial charge in [0, 0.05) is 15.9 Å². The fraction of sp³-hybridized carbons (Fsp3) is 0.267. The summed E-state index contributed by atoms with van der Waals surface area (Å²) in [6.45, 7) is 1.13. The maximum Gasteiger partial charge on any atom is 0.328 e. The molecule has 0 saturated heterocycles. The van der Waals surface area contributed by atoms with Gasteiger partial charge < -0.3 is 10.1 Å². The van der Waals surface area contributed by atoms with Crippen molar-refractivity contribution in [3.8, 4) is 0 Å². The normalized spacial score (nSPS) is 17.6. The number of benzene rings is 1. The zero-order chi connectivity index (χ0) is 13.9. The van der Waals surface area contributed by atoms with E-state index in [-0.39, 0.29) is 12.0 Å². The predicted octanol–water partition coefficient (Wildman–Crippen LogP) is 3.44. The van der Waals surface area contributed by atoms with Crippen LogP contribution in [0.1, 0.15) is 22.0 Å². The molecular formula is C15H14BrNO2S. The molecule has 0 radical (unpaired) electrons. The van der Waals surface area contributed by atoms with E-state index >= 15 is 0 Å². The number of hydrogen-bond acceptors (Lipinski definition) is 4. The van der Waals surface area contributed by atoms with E-state index in [0.29, 0.717) is 6.61 Å². The standard InChI is InChI=1S/C15H14BrNO2S/c16-11-3-1-10(2-4-11)9-19-15(18)14-12-6-8-20-13(12)5-7-17-14/h1-4,6,8,14,17H,5,7,9H2. The predicted molar refractivity (Wildman–Crippen MR) is 82.7 cm³/mol. The van der Waals surface area contributed by atoms with E-state index in [1.807, 2.05) is 35.7 Å². The van der Waals surface area contributed by atoms with Gasteiger partial charge in [-0.25, -0.2) is 4.79 Å². The number of nitrogens with one attached hydrogen (secondary N) is 1. The summed E-state index contributed by atoms with van der Waals surface area (Å²) in [4.78, 5) is 13.5. The molecule has 0 aliphatic carbocycles. The first-order chi connectivity index (χ1) is 9.74. The summed E-state index contributed by atoms with van der Waals surface area (Å²) in [5.41, 5.74) is 2.06. The Hall–Kier alpha value is -1.17. The van der Waals surface area contributed by atoms with Gasteiger partial charge in [-0.05, 0) is 41.1 Å².